The number of benzene rings is 2. The zero-order valence-electron chi connectivity index (χ0n) is 14.1. The van der Waals surface area contributed by atoms with E-state index in [0.29, 0.717) is 13.2 Å². The third-order valence-electron chi connectivity index (χ3n) is 4.09. The highest BCUT2D eigenvalue weighted by Crippen LogP contribution is 2.19. The van der Waals surface area contributed by atoms with Crippen LogP contribution in [0.25, 0.3) is 0 Å². The van der Waals surface area contributed by atoms with Gasteiger partial charge in [0.2, 0.25) is 0 Å². The van der Waals surface area contributed by atoms with Crippen molar-refractivity contribution in [3.8, 4) is 11.5 Å². The second-order valence-electron chi connectivity index (χ2n) is 5.97. The molecule has 0 bridgehead atoms. The summed E-state index contributed by atoms with van der Waals surface area (Å²) in [5.41, 5.74) is 2.42. The normalized spacial score (nSPS) is 17.0. The fourth-order valence-corrected chi connectivity index (χ4v) is 2.79. The maximum atomic E-state index is 5.94. The second-order valence-corrected chi connectivity index (χ2v) is 5.97. The molecule has 2 aromatic rings. The van der Waals surface area contributed by atoms with E-state index in [4.69, 9.17) is 9.47 Å². The second kappa shape index (κ2) is 9.30. The Kier molecular flexibility index (Phi) is 6.51. The summed E-state index contributed by atoms with van der Waals surface area (Å²) in [4.78, 5) is 0. The van der Waals surface area contributed by atoms with Gasteiger partial charge in [0.15, 0.2) is 0 Å². The monoisotopic (exact) mass is 326 g/mol. The summed E-state index contributed by atoms with van der Waals surface area (Å²) in [7, 11) is 0. The van der Waals surface area contributed by atoms with Gasteiger partial charge in [-0.15, -0.1) is 0 Å². The molecule has 1 aliphatic rings. The lowest BCUT2D eigenvalue weighted by Gasteiger charge is -2.15. The van der Waals surface area contributed by atoms with Gasteiger partial charge < -0.3 is 20.1 Å². The SMILES string of the molecule is c1ccc2c(c1)CNCCCNCc1ccccc1OCCCO2. The van der Waals surface area contributed by atoms with Gasteiger partial charge >= 0.3 is 0 Å². The van der Waals surface area contributed by atoms with Crippen molar-refractivity contribution in [2.75, 3.05) is 26.3 Å². The Morgan fingerprint density at radius 3 is 1.67 bits per heavy atom. The van der Waals surface area contributed by atoms with Crippen LogP contribution in [0.4, 0.5) is 0 Å². The molecule has 0 saturated carbocycles. The summed E-state index contributed by atoms with van der Waals surface area (Å²) in [5.74, 6) is 1.94. The van der Waals surface area contributed by atoms with Crippen molar-refractivity contribution in [3.63, 3.8) is 0 Å². The van der Waals surface area contributed by atoms with Crippen molar-refractivity contribution in [2.45, 2.75) is 25.9 Å². The molecule has 3 rings (SSSR count). The molecule has 1 aliphatic heterocycles. The summed E-state index contributed by atoms with van der Waals surface area (Å²) in [6.07, 6.45) is 1.95. The number of rotatable bonds is 0. The lowest BCUT2D eigenvalue weighted by atomic mass is 10.2. The summed E-state index contributed by atoms with van der Waals surface area (Å²) < 4.78 is 11.9. The molecule has 4 nitrogen and oxygen atoms in total. The third-order valence-corrected chi connectivity index (χ3v) is 4.09. The molecule has 0 unspecified atom stereocenters. The molecule has 0 fully saturated rings. The molecule has 0 aromatic heterocycles. The molecule has 128 valence electrons. The van der Waals surface area contributed by atoms with Gasteiger partial charge in [0.1, 0.15) is 11.5 Å². The first-order valence-corrected chi connectivity index (χ1v) is 8.76. The zero-order valence-corrected chi connectivity index (χ0v) is 14.1. The predicted molar refractivity (Wildman–Crippen MR) is 96.5 cm³/mol. The van der Waals surface area contributed by atoms with Gasteiger partial charge in [0.05, 0.1) is 13.2 Å². The molecule has 2 N–H and O–H groups in total. The van der Waals surface area contributed by atoms with E-state index in [9.17, 15) is 0 Å². The molecule has 0 saturated heterocycles. The van der Waals surface area contributed by atoms with Crippen LogP contribution in [0, 0.1) is 0 Å². The van der Waals surface area contributed by atoms with Crippen LogP contribution in [0.2, 0.25) is 0 Å². The van der Waals surface area contributed by atoms with Crippen LogP contribution in [0.1, 0.15) is 24.0 Å². The molecule has 24 heavy (non-hydrogen) atoms. The lowest BCUT2D eigenvalue weighted by Crippen LogP contribution is -2.22. The molecular weight excluding hydrogens is 300 g/mol. The van der Waals surface area contributed by atoms with Gasteiger partial charge in [0.25, 0.3) is 0 Å². The first-order chi connectivity index (χ1) is 11.9. The Morgan fingerprint density at radius 1 is 0.625 bits per heavy atom. The standard InChI is InChI=1S/C20H26N2O2/c1-3-9-19-17(7-1)15-21-11-5-12-22-16-18-8-2-4-10-20(18)24-14-6-13-23-19/h1-4,7-10,21-22H,5-6,11-16H2. The molecular formula is C20H26N2O2. The highest BCUT2D eigenvalue weighted by atomic mass is 16.5. The summed E-state index contributed by atoms with van der Waals surface area (Å²) >= 11 is 0. The van der Waals surface area contributed by atoms with Crippen molar-refractivity contribution < 1.29 is 9.47 Å². The number of hydrogen-bond acceptors (Lipinski definition) is 4. The maximum Gasteiger partial charge on any atom is 0.123 e. The van der Waals surface area contributed by atoms with E-state index in [1.165, 1.54) is 11.1 Å². The van der Waals surface area contributed by atoms with Gasteiger partial charge in [-0.05, 0) is 31.6 Å². The van der Waals surface area contributed by atoms with E-state index >= 15 is 0 Å². The van der Waals surface area contributed by atoms with Gasteiger partial charge in [-0.1, -0.05) is 36.4 Å². The molecule has 1 heterocycles. The largest absolute Gasteiger partial charge is 0.493 e. The van der Waals surface area contributed by atoms with Crippen molar-refractivity contribution in [1.82, 2.24) is 10.6 Å². The lowest BCUT2D eigenvalue weighted by molar-refractivity contribution is 0.244. The van der Waals surface area contributed by atoms with E-state index in [0.717, 1.165) is 50.5 Å². The summed E-state index contributed by atoms with van der Waals surface area (Å²) in [6.45, 7) is 4.98. The number of hydrogen-bond donors (Lipinski definition) is 2. The van der Waals surface area contributed by atoms with E-state index in [1.807, 2.05) is 24.3 Å². The molecule has 0 spiro atoms. The number of ether oxygens (including phenoxy) is 2. The fraction of sp³-hybridized carbons (Fsp3) is 0.400. The summed E-state index contributed by atoms with van der Waals surface area (Å²) in [6, 6.07) is 16.5. The quantitative estimate of drug-likeness (QED) is 0.781. The minimum Gasteiger partial charge on any atom is -0.493 e. The van der Waals surface area contributed by atoms with E-state index < -0.39 is 0 Å². The highest BCUT2D eigenvalue weighted by molar-refractivity contribution is 5.34. The topological polar surface area (TPSA) is 42.5 Å². The smallest absolute Gasteiger partial charge is 0.123 e. The highest BCUT2D eigenvalue weighted by Gasteiger charge is 2.05. The van der Waals surface area contributed by atoms with Crippen molar-refractivity contribution >= 4 is 0 Å². The maximum absolute atomic E-state index is 5.94. The molecule has 0 amide bonds. The Labute approximate surface area is 144 Å². The Balaban J connectivity index is 1.63. The first kappa shape index (κ1) is 16.8. The average molecular weight is 326 g/mol. The predicted octanol–water partition coefficient (Wildman–Crippen LogP) is 3.12. The van der Waals surface area contributed by atoms with E-state index in [-0.39, 0.29) is 0 Å². The van der Waals surface area contributed by atoms with E-state index in [1.54, 1.807) is 0 Å². The van der Waals surface area contributed by atoms with Crippen LogP contribution in [0.3, 0.4) is 0 Å². The molecule has 0 radical (unpaired) electrons. The van der Waals surface area contributed by atoms with Gasteiger partial charge in [0, 0.05) is 30.6 Å². The zero-order chi connectivity index (χ0) is 16.5. The Bertz CT molecular complexity index is 577. The van der Waals surface area contributed by atoms with Crippen LogP contribution in [0.15, 0.2) is 48.5 Å². The van der Waals surface area contributed by atoms with Crippen molar-refractivity contribution in [1.29, 1.82) is 0 Å². The van der Waals surface area contributed by atoms with Gasteiger partial charge in [-0.2, -0.15) is 0 Å². The molecule has 4 heteroatoms. The van der Waals surface area contributed by atoms with E-state index in [2.05, 4.69) is 34.9 Å². The van der Waals surface area contributed by atoms with Crippen LogP contribution < -0.4 is 20.1 Å². The van der Waals surface area contributed by atoms with Crippen LogP contribution >= 0.6 is 0 Å². The van der Waals surface area contributed by atoms with Crippen molar-refractivity contribution in [3.05, 3.63) is 59.7 Å². The fourth-order valence-electron chi connectivity index (χ4n) is 2.79. The number of nitrogens with one attached hydrogen (secondary N) is 2. The number of para-hydroxylation sites is 2. The average Bonchev–Trinajstić information content (AvgIpc) is 2.62. The first-order valence-electron chi connectivity index (χ1n) is 8.76. The van der Waals surface area contributed by atoms with Gasteiger partial charge in [-0.3, -0.25) is 0 Å². The third kappa shape index (κ3) is 4.98. The molecule has 2 aromatic carbocycles. The minimum absolute atomic E-state index is 0.664. The van der Waals surface area contributed by atoms with Crippen molar-refractivity contribution in [2.24, 2.45) is 0 Å². The summed E-state index contributed by atoms with van der Waals surface area (Å²) in [5, 5.41) is 7.00. The molecule has 0 aliphatic carbocycles. The van der Waals surface area contributed by atoms with Gasteiger partial charge in [-0.25, -0.2) is 0 Å². The van der Waals surface area contributed by atoms with Crippen LogP contribution in [-0.4, -0.2) is 26.3 Å². The van der Waals surface area contributed by atoms with Crippen LogP contribution in [0.5, 0.6) is 11.5 Å². The Morgan fingerprint density at radius 2 is 1.12 bits per heavy atom. The Hall–Kier alpha value is -2.04. The molecule has 0 atom stereocenters. The number of fused-ring (bicyclic) bond motifs is 2. The van der Waals surface area contributed by atoms with Crippen LogP contribution in [-0.2, 0) is 13.1 Å². The minimum atomic E-state index is 0.664.